The number of methoxy groups -OCH3 is 1. The Balaban J connectivity index is 2.56. The first-order valence-corrected chi connectivity index (χ1v) is 6.29. The second kappa shape index (κ2) is 6.55. The van der Waals surface area contributed by atoms with E-state index in [1.165, 1.54) is 0 Å². The van der Waals surface area contributed by atoms with Gasteiger partial charge in [-0.1, -0.05) is 11.6 Å². The fourth-order valence-corrected chi connectivity index (χ4v) is 2.15. The highest BCUT2D eigenvalue weighted by Gasteiger charge is 2.05. The van der Waals surface area contributed by atoms with Gasteiger partial charge in [-0.3, -0.25) is 0 Å². The van der Waals surface area contributed by atoms with E-state index in [0.717, 1.165) is 27.3 Å². The van der Waals surface area contributed by atoms with E-state index in [2.05, 4.69) is 34.8 Å². The molecular weight excluding hydrogens is 324 g/mol. The minimum absolute atomic E-state index is 0.363. The summed E-state index contributed by atoms with van der Waals surface area (Å²) in [7, 11) is 1.71. The fraction of sp³-hybridized carbons (Fsp3) is 0.455. The number of benzene rings is 1. The van der Waals surface area contributed by atoms with Crippen molar-refractivity contribution in [1.29, 1.82) is 0 Å². The van der Waals surface area contributed by atoms with Gasteiger partial charge in [-0.25, -0.2) is 0 Å². The summed E-state index contributed by atoms with van der Waals surface area (Å²) in [4.78, 5) is 0. The van der Waals surface area contributed by atoms with Crippen LogP contribution < -0.4 is 5.32 Å². The molecule has 0 bridgehead atoms. The molecule has 0 aliphatic heterocycles. The summed E-state index contributed by atoms with van der Waals surface area (Å²) < 4.78 is 6.17. The van der Waals surface area contributed by atoms with E-state index in [0.29, 0.717) is 6.04 Å². The lowest BCUT2D eigenvalue weighted by atomic mass is 10.2. The van der Waals surface area contributed by atoms with Crippen LogP contribution in [0.3, 0.4) is 0 Å². The smallest absolute Gasteiger partial charge is 0.0648 e. The molecule has 1 aromatic carbocycles. The molecule has 4 heteroatoms. The highest BCUT2D eigenvalue weighted by molar-refractivity contribution is 14.1. The van der Waals surface area contributed by atoms with Gasteiger partial charge in [0.05, 0.1) is 10.7 Å². The molecule has 0 heterocycles. The minimum Gasteiger partial charge on any atom is -0.385 e. The number of anilines is 1. The largest absolute Gasteiger partial charge is 0.385 e. The zero-order valence-electron chi connectivity index (χ0n) is 8.89. The van der Waals surface area contributed by atoms with Crippen molar-refractivity contribution in [1.82, 2.24) is 0 Å². The zero-order chi connectivity index (χ0) is 11.3. The van der Waals surface area contributed by atoms with E-state index in [1.54, 1.807) is 7.11 Å². The molecule has 0 amide bonds. The van der Waals surface area contributed by atoms with Crippen LogP contribution in [0.4, 0.5) is 5.69 Å². The molecule has 84 valence electrons. The number of rotatable bonds is 5. The van der Waals surface area contributed by atoms with Crippen molar-refractivity contribution in [2.75, 3.05) is 19.0 Å². The van der Waals surface area contributed by atoms with Crippen molar-refractivity contribution in [2.45, 2.75) is 19.4 Å². The van der Waals surface area contributed by atoms with Gasteiger partial charge in [-0.05, 0) is 54.1 Å². The Kier molecular flexibility index (Phi) is 5.71. The third-order valence-corrected chi connectivity index (χ3v) is 3.07. The van der Waals surface area contributed by atoms with Gasteiger partial charge in [0.2, 0.25) is 0 Å². The maximum Gasteiger partial charge on any atom is 0.0648 e. The van der Waals surface area contributed by atoms with E-state index in [-0.39, 0.29) is 0 Å². The van der Waals surface area contributed by atoms with E-state index < -0.39 is 0 Å². The number of ether oxygens (including phenoxy) is 1. The lowest BCUT2D eigenvalue weighted by Gasteiger charge is -2.15. The van der Waals surface area contributed by atoms with Gasteiger partial charge in [0.1, 0.15) is 0 Å². The highest BCUT2D eigenvalue weighted by atomic mass is 127. The van der Waals surface area contributed by atoms with Crippen molar-refractivity contribution in [3.63, 3.8) is 0 Å². The van der Waals surface area contributed by atoms with Crippen LogP contribution in [0.25, 0.3) is 0 Å². The monoisotopic (exact) mass is 339 g/mol. The molecular formula is C11H15ClINO. The summed E-state index contributed by atoms with van der Waals surface area (Å²) in [5.74, 6) is 0. The maximum atomic E-state index is 6.11. The van der Waals surface area contributed by atoms with Gasteiger partial charge < -0.3 is 10.1 Å². The van der Waals surface area contributed by atoms with Crippen LogP contribution in [0, 0.1) is 3.57 Å². The Morgan fingerprint density at radius 2 is 2.27 bits per heavy atom. The standard InChI is InChI=1S/C11H15ClINO/c1-8(5-6-15-2)14-11-4-3-9(13)7-10(11)12/h3-4,7-8,14H,5-6H2,1-2H3. The topological polar surface area (TPSA) is 21.3 Å². The van der Waals surface area contributed by atoms with E-state index in [1.807, 2.05) is 18.2 Å². The summed E-state index contributed by atoms with van der Waals surface area (Å²) in [6, 6.07) is 6.36. The van der Waals surface area contributed by atoms with Gasteiger partial charge in [0.15, 0.2) is 0 Å². The molecule has 0 aromatic heterocycles. The maximum absolute atomic E-state index is 6.11. The van der Waals surface area contributed by atoms with Crippen molar-refractivity contribution < 1.29 is 4.74 Å². The van der Waals surface area contributed by atoms with Crippen molar-refractivity contribution in [3.05, 3.63) is 26.8 Å². The molecule has 1 atom stereocenters. The molecule has 0 fully saturated rings. The quantitative estimate of drug-likeness (QED) is 0.824. The third-order valence-electron chi connectivity index (χ3n) is 2.09. The van der Waals surface area contributed by atoms with Gasteiger partial charge >= 0.3 is 0 Å². The molecule has 0 aliphatic rings. The molecule has 2 nitrogen and oxygen atoms in total. The first-order chi connectivity index (χ1) is 7.13. The molecule has 1 unspecified atom stereocenters. The second-order valence-corrected chi connectivity index (χ2v) is 5.10. The normalized spacial score (nSPS) is 12.5. The van der Waals surface area contributed by atoms with Crippen LogP contribution in [0.15, 0.2) is 18.2 Å². The minimum atomic E-state index is 0.363. The molecule has 1 aromatic rings. The fourth-order valence-electron chi connectivity index (χ4n) is 1.24. The second-order valence-electron chi connectivity index (χ2n) is 3.45. The van der Waals surface area contributed by atoms with E-state index in [9.17, 15) is 0 Å². The number of halogens is 2. The van der Waals surface area contributed by atoms with Crippen molar-refractivity contribution in [3.8, 4) is 0 Å². The summed E-state index contributed by atoms with van der Waals surface area (Å²) >= 11 is 8.36. The van der Waals surface area contributed by atoms with Gasteiger partial charge in [0, 0.05) is 23.3 Å². The Morgan fingerprint density at radius 3 is 2.87 bits per heavy atom. The van der Waals surface area contributed by atoms with Gasteiger partial charge in [-0.15, -0.1) is 0 Å². The van der Waals surface area contributed by atoms with Crippen molar-refractivity contribution >= 4 is 39.9 Å². The molecule has 1 N–H and O–H groups in total. The number of hydrogen-bond acceptors (Lipinski definition) is 2. The Bertz CT molecular complexity index is 319. The van der Waals surface area contributed by atoms with Crippen LogP contribution in [-0.4, -0.2) is 19.8 Å². The van der Waals surface area contributed by atoms with Crippen molar-refractivity contribution in [2.24, 2.45) is 0 Å². The summed E-state index contributed by atoms with van der Waals surface area (Å²) in [5, 5.41) is 4.13. The molecule has 0 saturated carbocycles. The molecule has 1 rings (SSSR count). The Morgan fingerprint density at radius 1 is 1.53 bits per heavy atom. The third kappa shape index (κ3) is 4.57. The summed E-state index contributed by atoms with van der Waals surface area (Å²) in [6.07, 6.45) is 0.971. The lowest BCUT2D eigenvalue weighted by molar-refractivity contribution is 0.191. The molecule has 0 radical (unpaired) electrons. The van der Waals surface area contributed by atoms with Crippen LogP contribution in [0.1, 0.15) is 13.3 Å². The van der Waals surface area contributed by atoms with Crippen LogP contribution in [0.5, 0.6) is 0 Å². The van der Waals surface area contributed by atoms with Crippen LogP contribution >= 0.6 is 34.2 Å². The lowest BCUT2D eigenvalue weighted by Crippen LogP contribution is -2.17. The van der Waals surface area contributed by atoms with Crippen LogP contribution in [0.2, 0.25) is 5.02 Å². The SMILES string of the molecule is COCCC(C)Nc1ccc(I)cc1Cl. The average molecular weight is 340 g/mol. The Hall–Kier alpha value is -0.0000000000000000555. The molecule has 15 heavy (non-hydrogen) atoms. The average Bonchev–Trinajstić information content (AvgIpc) is 2.19. The molecule has 0 aliphatic carbocycles. The molecule has 0 spiro atoms. The summed E-state index contributed by atoms with van der Waals surface area (Å²) in [5.41, 5.74) is 0.987. The van der Waals surface area contributed by atoms with Crippen LogP contribution in [-0.2, 0) is 4.74 Å². The van der Waals surface area contributed by atoms with E-state index >= 15 is 0 Å². The Labute approximate surface area is 109 Å². The summed E-state index contributed by atoms with van der Waals surface area (Å²) in [6.45, 7) is 2.88. The molecule has 0 saturated heterocycles. The highest BCUT2D eigenvalue weighted by Crippen LogP contribution is 2.24. The number of nitrogens with one attached hydrogen (secondary N) is 1. The first-order valence-electron chi connectivity index (χ1n) is 4.84. The van der Waals surface area contributed by atoms with Gasteiger partial charge in [0.25, 0.3) is 0 Å². The van der Waals surface area contributed by atoms with E-state index in [4.69, 9.17) is 16.3 Å². The first kappa shape index (κ1) is 13.1. The zero-order valence-corrected chi connectivity index (χ0v) is 11.8. The van der Waals surface area contributed by atoms with Gasteiger partial charge in [-0.2, -0.15) is 0 Å². The predicted octanol–water partition coefficient (Wildman–Crippen LogP) is 3.78. The predicted molar refractivity (Wildman–Crippen MR) is 73.7 cm³/mol. The number of hydrogen-bond donors (Lipinski definition) is 1.